The lowest BCUT2D eigenvalue weighted by atomic mass is 9.92. The molecule has 0 aliphatic carbocycles. The van der Waals surface area contributed by atoms with Crippen LogP contribution in [0.3, 0.4) is 0 Å². The Hall–Kier alpha value is -7.43. The summed E-state index contributed by atoms with van der Waals surface area (Å²) in [5, 5.41) is 6.62. The molecule has 0 fully saturated rings. The lowest BCUT2D eigenvalue weighted by Gasteiger charge is -2.26. The van der Waals surface area contributed by atoms with Gasteiger partial charge in [0.2, 0.25) is 5.89 Å². The van der Waals surface area contributed by atoms with Crippen LogP contribution in [-0.2, 0) is 0 Å². The molecular weight excluding hydrogens is 673 g/mol. The fraction of sp³-hybridized carbons (Fsp3) is 0. The van der Waals surface area contributed by atoms with Crippen LogP contribution in [0.1, 0.15) is 0 Å². The number of para-hydroxylation sites is 3. The number of hydrogen-bond donors (Lipinski definition) is 0. The van der Waals surface area contributed by atoms with E-state index in [1.54, 1.807) is 0 Å². The van der Waals surface area contributed by atoms with E-state index in [1.807, 2.05) is 42.5 Å². The van der Waals surface area contributed by atoms with Crippen LogP contribution in [0, 0.1) is 0 Å². The Morgan fingerprint density at radius 1 is 0.382 bits per heavy atom. The molecule has 11 aromatic rings. The molecule has 0 unspecified atom stereocenters. The molecule has 55 heavy (non-hydrogen) atoms. The van der Waals surface area contributed by atoms with Gasteiger partial charge in [-0.3, -0.25) is 0 Å². The number of rotatable bonds is 6. The zero-order valence-electron chi connectivity index (χ0n) is 29.7. The van der Waals surface area contributed by atoms with Gasteiger partial charge in [0, 0.05) is 44.3 Å². The number of benzene rings is 9. The molecule has 2 aromatic heterocycles. The van der Waals surface area contributed by atoms with E-state index in [9.17, 15) is 0 Å². The number of oxazole rings is 1. The van der Waals surface area contributed by atoms with E-state index in [2.05, 4.69) is 157 Å². The van der Waals surface area contributed by atoms with Gasteiger partial charge >= 0.3 is 0 Å². The van der Waals surface area contributed by atoms with Crippen molar-refractivity contribution in [2.75, 3.05) is 4.90 Å². The van der Waals surface area contributed by atoms with Gasteiger partial charge in [0.25, 0.3) is 0 Å². The van der Waals surface area contributed by atoms with Crippen molar-refractivity contribution in [1.29, 1.82) is 0 Å². The van der Waals surface area contributed by atoms with Crippen molar-refractivity contribution in [3.8, 4) is 33.7 Å². The second-order valence-electron chi connectivity index (χ2n) is 13.9. The monoisotopic (exact) mass is 704 g/mol. The van der Waals surface area contributed by atoms with E-state index in [-0.39, 0.29) is 0 Å². The maximum atomic E-state index is 6.68. The Kier molecular flexibility index (Phi) is 7.14. The lowest BCUT2D eigenvalue weighted by Crippen LogP contribution is -2.10. The first-order chi connectivity index (χ1) is 27.3. The Balaban J connectivity index is 1.15. The highest BCUT2D eigenvalue weighted by molar-refractivity contribution is 6.22. The van der Waals surface area contributed by atoms with Crippen LogP contribution >= 0.6 is 0 Å². The average Bonchev–Trinajstić information content (AvgIpc) is 3.87. The van der Waals surface area contributed by atoms with Crippen molar-refractivity contribution in [3.05, 3.63) is 194 Å². The standard InChI is InChI=1S/C51H32N2O2/c1-4-14-33(15-5-1)44-31-36-26-29-46-50(55-51(52-46)34-16-6-2-7-17-34)48(36)45-32-39(27-28-41(44)45)53(37-19-8-3-9-20-37)38-21-12-18-35(30-38)40-23-13-24-43-42-22-10-11-25-47(42)54-49(40)43/h1-32H. The highest BCUT2D eigenvalue weighted by Crippen LogP contribution is 2.44. The number of aromatic nitrogens is 1. The number of nitrogens with zero attached hydrogens (tertiary/aromatic N) is 2. The number of fused-ring (bicyclic) bond motifs is 8. The van der Waals surface area contributed by atoms with Crippen LogP contribution in [0.2, 0.25) is 0 Å². The molecule has 2 heterocycles. The molecule has 0 spiro atoms. The lowest BCUT2D eigenvalue weighted by molar-refractivity contribution is 0.623. The minimum atomic E-state index is 0.613. The highest BCUT2D eigenvalue weighted by Gasteiger charge is 2.20. The van der Waals surface area contributed by atoms with Gasteiger partial charge in [0.1, 0.15) is 16.7 Å². The van der Waals surface area contributed by atoms with Crippen molar-refractivity contribution in [3.63, 3.8) is 0 Å². The fourth-order valence-electron chi connectivity index (χ4n) is 8.12. The first-order valence-electron chi connectivity index (χ1n) is 18.5. The van der Waals surface area contributed by atoms with Gasteiger partial charge in [-0.15, -0.1) is 0 Å². The van der Waals surface area contributed by atoms with Gasteiger partial charge < -0.3 is 13.7 Å². The molecule has 11 rings (SSSR count). The molecule has 0 aliphatic rings. The predicted molar refractivity (Wildman–Crippen MR) is 227 cm³/mol. The average molecular weight is 705 g/mol. The summed E-state index contributed by atoms with van der Waals surface area (Å²) >= 11 is 0. The molecular formula is C51H32N2O2. The molecule has 258 valence electrons. The van der Waals surface area contributed by atoms with Crippen LogP contribution in [0.25, 0.3) is 88.3 Å². The van der Waals surface area contributed by atoms with E-state index in [0.717, 1.165) is 93.9 Å². The summed E-state index contributed by atoms with van der Waals surface area (Å²) in [7, 11) is 0. The van der Waals surface area contributed by atoms with Crippen LogP contribution in [-0.4, -0.2) is 4.98 Å². The van der Waals surface area contributed by atoms with E-state index >= 15 is 0 Å². The maximum Gasteiger partial charge on any atom is 0.227 e. The normalized spacial score (nSPS) is 11.6. The summed E-state index contributed by atoms with van der Waals surface area (Å²) in [5.74, 6) is 0.613. The maximum absolute atomic E-state index is 6.68. The van der Waals surface area contributed by atoms with Crippen LogP contribution in [0.5, 0.6) is 0 Å². The number of anilines is 3. The van der Waals surface area contributed by atoms with E-state index in [4.69, 9.17) is 13.8 Å². The third kappa shape index (κ3) is 5.19. The third-order valence-electron chi connectivity index (χ3n) is 10.7. The Morgan fingerprint density at radius 3 is 1.89 bits per heavy atom. The second kappa shape index (κ2) is 12.6. The molecule has 0 N–H and O–H groups in total. The van der Waals surface area contributed by atoms with Crippen LogP contribution < -0.4 is 4.90 Å². The summed E-state index contributed by atoms with van der Waals surface area (Å²) in [6, 6.07) is 68.0. The SMILES string of the molecule is c1ccc(-c2nc3ccc4cc(-c5ccccc5)c5ccc(N(c6ccccc6)c6cccc(-c7cccc8c7oc7ccccc78)c6)cc5c4c3o2)cc1. The summed E-state index contributed by atoms with van der Waals surface area (Å²) in [6.45, 7) is 0. The van der Waals surface area contributed by atoms with Gasteiger partial charge in [-0.1, -0.05) is 127 Å². The summed E-state index contributed by atoms with van der Waals surface area (Å²) in [4.78, 5) is 7.29. The third-order valence-corrected chi connectivity index (χ3v) is 10.7. The van der Waals surface area contributed by atoms with Crippen molar-refractivity contribution in [2.45, 2.75) is 0 Å². The first-order valence-corrected chi connectivity index (χ1v) is 18.5. The second-order valence-corrected chi connectivity index (χ2v) is 13.9. The minimum Gasteiger partial charge on any atom is -0.455 e. The summed E-state index contributed by atoms with van der Waals surface area (Å²) in [6.07, 6.45) is 0. The summed E-state index contributed by atoms with van der Waals surface area (Å²) in [5.41, 5.74) is 11.9. The van der Waals surface area contributed by atoms with Crippen molar-refractivity contribution >= 4 is 71.6 Å². The number of hydrogen-bond acceptors (Lipinski definition) is 4. The largest absolute Gasteiger partial charge is 0.455 e. The van der Waals surface area contributed by atoms with Crippen molar-refractivity contribution in [1.82, 2.24) is 4.98 Å². The minimum absolute atomic E-state index is 0.613. The fourth-order valence-corrected chi connectivity index (χ4v) is 8.12. The molecule has 4 nitrogen and oxygen atoms in total. The molecule has 4 heteroatoms. The Morgan fingerprint density at radius 2 is 1.05 bits per heavy atom. The van der Waals surface area contributed by atoms with E-state index < -0.39 is 0 Å². The van der Waals surface area contributed by atoms with Gasteiger partial charge in [0.15, 0.2) is 5.58 Å². The Bertz CT molecular complexity index is 3200. The smallest absolute Gasteiger partial charge is 0.227 e. The van der Waals surface area contributed by atoms with Gasteiger partial charge in [-0.25, -0.2) is 4.98 Å². The Labute approximate surface area is 317 Å². The van der Waals surface area contributed by atoms with Crippen LogP contribution in [0.15, 0.2) is 203 Å². The predicted octanol–water partition coefficient (Wildman–Crippen LogP) is 14.5. The van der Waals surface area contributed by atoms with E-state index in [1.165, 1.54) is 5.56 Å². The molecule has 0 saturated heterocycles. The first kappa shape index (κ1) is 31.1. The quantitative estimate of drug-likeness (QED) is 0.162. The molecule has 0 radical (unpaired) electrons. The molecule has 0 amide bonds. The van der Waals surface area contributed by atoms with Gasteiger partial charge in [0.05, 0.1) is 0 Å². The zero-order valence-corrected chi connectivity index (χ0v) is 29.7. The molecule has 0 aliphatic heterocycles. The molecule has 0 atom stereocenters. The van der Waals surface area contributed by atoms with Gasteiger partial charge in [-0.2, -0.15) is 0 Å². The number of furan rings is 1. The summed E-state index contributed by atoms with van der Waals surface area (Å²) < 4.78 is 13.2. The molecule has 0 saturated carbocycles. The molecule has 0 bridgehead atoms. The van der Waals surface area contributed by atoms with Crippen molar-refractivity contribution in [2.24, 2.45) is 0 Å². The topological polar surface area (TPSA) is 42.4 Å². The highest BCUT2D eigenvalue weighted by atomic mass is 16.3. The molecule has 9 aromatic carbocycles. The van der Waals surface area contributed by atoms with Crippen molar-refractivity contribution < 1.29 is 8.83 Å². The van der Waals surface area contributed by atoms with E-state index in [0.29, 0.717) is 5.89 Å². The zero-order chi connectivity index (χ0) is 36.3. The van der Waals surface area contributed by atoms with Crippen LogP contribution in [0.4, 0.5) is 17.1 Å². The van der Waals surface area contributed by atoms with Gasteiger partial charge in [-0.05, 0) is 99.6 Å².